The first-order chi connectivity index (χ1) is 26.2. The Hall–Kier alpha value is -7.56. The zero-order valence-corrected chi connectivity index (χ0v) is 28.3. The number of nitrogens with zero attached hydrogens (tertiary/aromatic N) is 6. The summed E-state index contributed by atoms with van der Waals surface area (Å²) in [7, 11) is 0. The van der Waals surface area contributed by atoms with E-state index in [9.17, 15) is 5.26 Å². The van der Waals surface area contributed by atoms with Crippen molar-refractivity contribution in [3.63, 3.8) is 0 Å². The molecule has 0 fully saturated rings. The first-order valence-electron chi connectivity index (χ1n) is 17.3. The molecular weight excluding hydrogens is 653 g/mol. The predicted octanol–water partition coefficient (Wildman–Crippen LogP) is 11.4. The molecule has 248 valence electrons. The molecule has 0 aliphatic carbocycles. The van der Waals surface area contributed by atoms with E-state index in [1.54, 1.807) is 0 Å². The minimum Gasteiger partial charge on any atom is -0.453 e. The molecule has 7 heteroatoms. The van der Waals surface area contributed by atoms with Gasteiger partial charge in [0.1, 0.15) is 0 Å². The molecule has 53 heavy (non-hydrogen) atoms. The first-order valence-corrected chi connectivity index (χ1v) is 17.3. The fourth-order valence-corrected chi connectivity index (χ4v) is 7.24. The van der Waals surface area contributed by atoms with E-state index in [0.717, 1.165) is 67.2 Å². The van der Waals surface area contributed by atoms with E-state index in [1.807, 2.05) is 121 Å². The Kier molecular flexibility index (Phi) is 7.05. The number of ether oxygens (including phenoxy) is 1. The third-order valence-electron chi connectivity index (χ3n) is 9.66. The number of hydrogen-bond acceptors (Lipinski definition) is 6. The molecule has 0 unspecified atom stereocenters. The van der Waals surface area contributed by atoms with Crippen molar-refractivity contribution in [2.75, 3.05) is 4.90 Å². The number of aromatic nitrogens is 4. The zero-order valence-electron chi connectivity index (χ0n) is 28.3. The highest BCUT2D eigenvalue weighted by molar-refractivity contribution is 6.12. The highest BCUT2D eigenvalue weighted by Gasteiger charge is 2.28. The lowest BCUT2D eigenvalue weighted by molar-refractivity contribution is 0.478. The van der Waals surface area contributed by atoms with Gasteiger partial charge in [0.2, 0.25) is 0 Å². The van der Waals surface area contributed by atoms with Crippen molar-refractivity contribution in [2.24, 2.45) is 0 Å². The largest absolute Gasteiger partial charge is 0.453 e. The van der Waals surface area contributed by atoms with Crippen molar-refractivity contribution in [3.05, 3.63) is 175 Å². The monoisotopic (exact) mass is 680 g/mol. The van der Waals surface area contributed by atoms with Crippen molar-refractivity contribution in [3.8, 4) is 57.4 Å². The molecule has 0 atom stereocenters. The molecule has 7 aromatic carbocycles. The van der Waals surface area contributed by atoms with Crippen LogP contribution < -0.4 is 9.64 Å². The topological polar surface area (TPSA) is 79.9 Å². The number of rotatable bonds is 5. The molecule has 0 saturated heterocycles. The molecule has 0 spiro atoms. The zero-order chi connectivity index (χ0) is 35.3. The van der Waals surface area contributed by atoms with E-state index >= 15 is 0 Å². The number of fused-ring (bicyclic) bond motifs is 5. The summed E-state index contributed by atoms with van der Waals surface area (Å²) >= 11 is 0. The third kappa shape index (κ3) is 5.09. The van der Waals surface area contributed by atoms with Crippen molar-refractivity contribution in [2.45, 2.75) is 0 Å². The summed E-state index contributed by atoms with van der Waals surface area (Å²) in [4.78, 5) is 16.9. The minimum absolute atomic E-state index is 0.436. The Balaban J connectivity index is 1.17. The predicted molar refractivity (Wildman–Crippen MR) is 210 cm³/mol. The smallest absolute Gasteiger partial charge is 0.165 e. The van der Waals surface area contributed by atoms with Crippen LogP contribution in [0.5, 0.6) is 11.5 Å². The quantitative estimate of drug-likeness (QED) is 0.180. The summed E-state index contributed by atoms with van der Waals surface area (Å²) in [5, 5.41) is 12.8. The van der Waals surface area contributed by atoms with Gasteiger partial charge in [0.15, 0.2) is 29.0 Å². The molecule has 7 nitrogen and oxygen atoms in total. The maximum absolute atomic E-state index is 10.7. The van der Waals surface area contributed by atoms with E-state index in [2.05, 4.69) is 64.1 Å². The van der Waals surface area contributed by atoms with Crippen LogP contribution in [0.3, 0.4) is 0 Å². The summed E-state index contributed by atoms with van der Waals surface area (Å²) in [5.41, 5.74) is 8.60. The SMILES string of the molecule is N#Cc1cc(-n2c3ccccc3c3cc4c(cc32)N(c2ccccc2)c2ccccc2O4)ccc1-c1nc(-c2ccccc2)nc(-c2ccccc2)n1. The van der Waals surface area contributed by atoms with E-state index < -0.39 is 0 Å². The highest BCUT2D eigenvalue weighted by atomic mass is 16.5. The second-order valence-electron chi connectivity index (χ2n) is 12.8. The van der Waals surface area contributed by atoms with Gasteiger partial charge < -0.3 is 14.2 Å². The van der Waals surface area contributed by atoms with Gasteiger partial charge in [-0.1, -0.05) is 109 Å². The minimum atomic E-state index is 0.436. The molecule has 0 N–H and O–H groups in total. The average molecular weight is 681 g/mol. The average Bonchev–Trinajstić information content (AvgIpc) is 3.55. The summed E-state index contributed by atoms with van der Waals surface area (Å²) in [5.74, 6) is 3.09. The number of hydrogen-bond donors (Lipinski definition) is 0. The van der Waals surface area contributed by atoms with E-state index in [4.69, 9.17) is 19.7 Å². The number of benzene rings is 7. The Morgan fingerprint density at radius 2 is 1.09 bits per heavy atom. The standard InChI is InChI=1S/C46H28N6O/c47-29-32-26-34(24-25-35(32)46-49-44(30-14-4-1-5-15-30)48-45(50-46)31-16-6-2-7-17-31)52-38-21-11-10-20-36(38)37-27-43-41(28-40(37)52)51(33-18-8-3-9-19-33)39-22-12-13-23-42(39)53-43/h1-28H. The molecule has 10 rings (SSSR count). The molecular formula is C46H28N6O. The third-order valence-corrected chi connectivity index (χ3v) is 9.66. The van der Waals surface area contributed by atoms with Gasteiger partial charge in [-0.05, 0) is 60.7 Å². The molecule has 3 heterocycles. The second kappa shape index (κ2) is 12.3. The highest BCUT2D eigenvalue weighted by Crippen LogP contribution is 2.52. The molecule has 1 aliphatic heterocycles. The summed E-state index contributed by atoms with van der Waals surface area (Å²) in [6.45, 7) is 0. The van der Waals surface area contributed by atoms with Crippen molar-refractivity contribution in [1.29, 1.82) is 5.26 Å². The van der Waals surface area contributed by atoms with Crippen LogP contribution in [0.25, 0.3) is 61.7 Å². The number of para-hydroxylation sites is 4. The van der Waals surface area contributed by atoms with Crippen LogP contribution in [0, 0.1) is 11.3 Å². The lowest BCUT2D eigenvalue weighted by Crippen LogP contribution is -2.15. The van der Waals surface area contributed by atoms with Crippen LogP contribution >= 0.6 is 0 Å². The van der Waals surface area contributed by atoms with Gasteiger partial charge >= 0.3 is 0 Å². The van der Waals surface area contributed by atoms with Crippen LogP contribution in [0.1, 0.15) is 5.56 Å². The molecule has 0 bridgehead atoms. The van der Waals surface area contributed by atoms with Crippen molar-refractivity contribution >= 4 is 38.9 Å². The van der Waals surface area contributed by atoms with E-state index in [0.29, 0.717) is 28.6 Å². The lowest BCUT2D eigenvalue weighted by atomic mass is 10.1. The van der Waals surface area contributed by atoms with Crippen molar-refractivity contribution in [1.82, 2.24) is 19.5 Å². The Morgan fingerprint density at radius 3 is 1.81 bits per heavy atom. The van der Waals surface area contributed by atoms with Crippen LogP contribution in [-0.4, -0.2) is 19.5 Å². The van der Waals surface area contributed by atoms with Crippen LogP contribution in [0.4, 0.5) is 17.1 Å². The molecule has 1 aliphatic rings. The maximum Gasteiger partial charge on any atom is 0.165 e. The normalized spacial score (nSPS) is 11.9. The van der Waals surface area contributed by atoms with Gasteiger partial charge in [0.25, 0.3) is 0 Å². The van der Waals surface area contributed by atoms with Gasteiger partial charge in [-0.15, -0.1) is 0 Å². The Morgan fingerprint density at radius 1 is 0.472 bits per heavy atom. The van der Waals surface area contributed by atoms with Gasteiger partial charge in [-0.3, -0.25) is 0 Å². The Bertz CT molecular complexity index is 2820. The fourth-order valence-electron chi connectivity index (χ4n) is 7.24. The van der Waals surface area contributed by atoms with Gasteiger partial charge in [-0.2, -0.15) is 5.26 Å². The second-order valence-corrected chi connectivity index (χ2v) is 12.8. The van der Waals surface area contributed by atoms with Crippen molar-refractivity contribution < 1.29 is 4.74 Å². The van der Waals surface area contributed by atoms with Crippen LogP contribution in [0.15, 0.2) is 170 Å². The van der Waals surface area contributed by atoms with Crippen LogP contribution in [-0.2, 0) is 0 Å². The molecule has 2 aromatic heterocycles. The Labute approximate surface area is 305 Å². The summed E-state index contributed by atoms with van der Waals surface area (Å²) < 4.78 is 8.79. The molecule has 0 saturated carbocycles. The number of anilines is 3. The number of nitriles is 1. The maximum atomic E-state index is 10.7. The lowest BCUT2D eigenvalue weighted by Gasteiger charge is -2.33. The first kappa shape index (κ1) is 30.3. The van der Waals surface area contributed by atoms with Crippen LogP contribution in [0.2, 0.25) is 0 Å². The van der Waals surface area contributed by atoms with Gasteiger partial charge in [0.05, 0.1) is 34.0 Å². The summed E-state index contributed by atoms with van der Waals surface area (Å²) in [6, 6.07) is 59.2. The molecule has 9 aromatic rings. The van der Waals surface area contributed by atoms with E-state index in [-0.39, 0.29) is 0 Å². The van der Waals surface area contributed by atoms with Gasteiger partial charge in [0, 0.05) is 38.8 Å². The fraction of sp³-hybridized carbons (Fsp3) is 0. The van der Waals surface area contributed by atoms with E-state index in [1.165, 1.54) is 0 Å². The summed E-state index contributed by atoms with van der Waals surface area (Å²) in [6.07, 6.45) is 0. The van der Waals surface area contributed by atoms with Gasteiger partial charge in [-0.25, -0.2) is 15.0 Å². The molecule has 0 amide bonds. The molecule has 0 radical (unpaired) electrons.